The number of nitrogens with one attached hydrogen (secondary N) is 2. The van der Waals surface area contributed by atoms with Crippen LogP contribution in [-0.4, -0.2) is 27.6 Å². The quantitative estimate of drug-likeness (QED) is 0.475. The topological polar surface area (TPSA) is 99.8 Å². The number of aryl methyl sites for hydroxylation is 2. The van der Waals surface area contributed by atoms with Crippen molar-refractivity contribution in [2.24, 2.45) is 0 Å². The van der Waals surface area contributed by atoms with E-state index in [2.05, 4.69) is 16.7 Å². The summed E-state index contributed by atoms with van der Waals surface area (Å²) in [7, 11) is 0. The Morgan fingerprint density at radius 2 is 1.69 bits per heavy atom. The van der Waals surface area contributed by atoms with Gasteiger partial charge in [0.05, 0.1) is 23.0 Å². The van der Waals surface area contributed by atoms with E-state index in [1.165, 1.54) is 0 Å². The van der Waals surface area contributed by atoms with Crippen LogP contribution in [0.4, 0.5) is 5.82 Å². The molecule has 2 amide bonds. The van der Waals surface area contributed by atoms with Crippen molar-refractivity contribution in [1.29, 1.82) is 5.26 Å². The highest BCUT2D eigenvalue weighted by atomic mass is 16.2. The van der Waals surface area contributed by atoms with Gasteiger partial charge in [0, 0.05) is 17.0 Å². The van der Waals surface area contributed by atoms with Crippen molar-refractivity contribution in [3.05, 3.63) is 112 Å². The summed E-state index contributed by atoms with van der Waals surface area (Å²) in [6, 6.07) is 25.1. The van der Waals surface area contributed by atoms with Crippen LogP contribution in [0, 0.1) is 25.2 Å². The molecule has 35 heavy (non-hydrogen) atoms. The lowest BCUT2D eigenvalue weighted by Gasteiger charge is -2.33. The lowest BCUT2D eigenvalue weighted by atomic mass is 9.81. The van der Waals surface area contributed by atoms with Crippen molar-refractivity contribution in [1.82, 2.24) is 15.1 Å². The fraction of sp³-hybridized carbons (Fsp3) is 0.143. The molecule has 2 N–H and O–H groups in total. The van der Waals surface area contributed by atoms with Crippen LogP contribution >= 0.6 is 0 Å². The van der Waals surface area contributed by atoms with Crippen molar-refractivity contribution < 1.29 is 9.59 Å². The maximum absolute atomic E-state index is 13.5. The van der Waals surface area contributed by atoms with Crippen LogP contribution in [-0.2, 0) is 4.79 Å². The van der Waals surface area contributed by atoms with Crippen molar-refractivity contribution >= 4 is 17.6 Å². The minimum Gasteiger partial charge on any atom is -0.339 e. The van der Waals surface area contributed by atoms with E-state index in [0.29, 0.717) is 16.9 Å². The van der Waals surface area contributed by atoms with E-state index < -0.39 is 12.0 Å². The average molecular weight is 462 g/mol. The SMILES string of the molecule is Cc1ccc(-n2nc(C)c3c2NC(=O)[C@H](NC(=O)c2ccccc2)[C@H]3c2ccc(C#N)cc2)cc1. The van der Waals surface area contributed by atoms with Crippen molar-refractivity contribution in [3.63, 3.8) is 0 Å². The van der Waals surface area contributed by atoms with Crippen LogP contribution in [0.25, 0.3) is 5.69 Å². The minimum absolute atomic E-state index is 0.329. The van der Waals surface area contributed by atoms with E-state index in [4.69, 9.17) is 5.10 Å². The zero-order valence-electron chi connectivity index (χ0n) is 19.3. The first-order valence-corrected chi connectivity index (χ1v) is 11.3. The Hall–Kier alpha value is -4.70. The van der Waals surface area contributed by atoms with Crippen molar-refractivity contribution in [2.75, 3.05) is 5.32 Å². The molecule has 0 radical (unpaired) electrons. The molecule has 1 aliphatic heterocycles. The van der Waals surface area contributed by atoms with Crippen LogP contribution in [0.5, 0.6) is 0 Å². The van der Waals surface area contributed by atoms with Gasteiger partial charge in [0.1, 0.15) is 11.9 Å². The summed E-state index contributed by atoms with van der Waals surface area (Å²) >= 11 is 0. The molecule has 7 heteroatoms. The van der Waals surface area contributed by atoms with E-state index >= 15 is 0 Å². The van der Waals surface area contributed by atoms with Crippen LogP contribution in [0.1, 0.15) is 44.2 Å². The van der Waals surface area contributed by atoms with Gasteiger partial charge in [-0.3, -0.25) is 9.59 Å². The molecule has 1 aromatic heterocycles. The Kier molecular flexibility index (Phi) is 5.63. The van der Waals surface area contributed by atoms with Gasteiger partial charge in [0.25, 0.3) is 5.91 Å². The Morgan fingerprint density at radius 3 is 2.34 bits per heavy atom. The number of benzene rings is 3. The standard InChI is InChI=1S/C28H23N5O2/c1-17-8-14-22(15-9-17)33-26-23(18(2)32-33)24(20-12-10-19(16-29)11-13-20)25(28(35)31-26)30-27(34)21-6-4-3-5-7-21/h3-15,24-25H,1-2H3,(H,30,34)(H,31,35)/t24-,25+/m0/s1. The van der Waals surface area contributed by atoms with E-state index in [1.807, 2.05) is 56.3 Å². The van der Waals surface area contributed by atoms with Gasteiger partial charge in [0.2, 0.25) is 5.91 Å². The molecule has 0 aliphatic carbocycles. The molecule has 0 fully saturated rings. The predicted molar refractivity (Wildman–Crippen MR) is 132 cm³/mol. The average Bonchev–Trinajstić information content (AvgIpc) is 3.21. The highest BCUT2D eigenvalue weighted by Crippen LogP contribution is 2.40. The Balaban J connectivity index is 1.63. The van der Waals surface area contributed by atoms with Crippen molar-refractivity contribution in [3.8, 4) is 11.8 Å². The van der Waals surface area contributed by atoms with Gasteiger partial charge < -0.3 is 10.6 Å². The normalized spacial score (nSPS) is 16.7. The number of nitriles is 1. The Morgan fingerprint density at radius 1 is 1.00 bits per heavy atom. The van der Waals surface area contributed by atoms with Gasteiger partial charge in [-0.25, -0.2) is 4.68 Å². The van der Waals surface area contributed by atoms with Gasteiger partial charge >= 0.3 is 0 Å². The second-order valence-corrected chi connectivity index (χ2v) is 8.61. The number of carbonyl (C=O) groups excluding carboxylic acids is 2. The smallest absolute Gasteiger partial charge is 0.251 e. The summed E-state index contributed by atoms with van der Waals surface area (Å²) in [4.78, 5) is 26.5. The van der Waals surface area contributed by atoms with Crippen LogP contribution in [0.15, 0.2) is 78.9 Å². The van der Waals surface area contributed by atoms with Gasteiger partial charge in [-0.05, 0) is 55.8 Å². The van der Waals surface area contributed by atoms with Gasteiger partial charge in [-0.1, -0.05) is 48.0 Å². The molecule has 0 saturated heterocycles. The molecule has 2 atom stereocenters. The third-order valence-electron chi connectivity index (χ3n) is 6.28. The summed E-state index contributed by atoms with van der Waals surface area (Å²) in [6.45, 7) is 3.91. The number of fused-ring (bicyclic) bond motifs is 1. The van der Waals surface area contributed by atoms with Gasteiger partial charge in [0.15, 0.2) is 0 Å². The number of nitrogens with zero attached hydrogens (tertiary/aromatic N) is 3. The van der Waals surface area contributed by atoms with Gasteiger partial charge in [-0.2, -0.15) is 10.4 Å². The van der Waals surface area contributed by atoms with Crippen molar-refractivity contribution in [2.45, 2.75) is 25.8 Å². The van der Waals surface area contributed by atoms with Crippen LogP contribution in [0.2, 0.25) is 0 Å². The summed E-state index contributed by atoms with van der Waals surface area (Å²) < 4.78 is 1.73. The van der Waals surface area contributed by atoms with E-state index in [9.17, 15) is 14.9 Å². The molecule has 0 unspecified atom stereocenters. The number of rotatable bonds is 4. The second-order valence-electron chi connectivity index (χ2n) is 8.61. The fourth-order valence-electron chi connectivity index (χ4n) is 4.50. The third-order valence-corrected chi connectivity index (χ3v) is 6.28. The third kappa shape index (κ3) is 4.06. The lowest BCUT2D eigenvalue weighted by molar-refractivity contribution is -0.118. The maximum Gasteiger partial charge on any atom is 0.251 e. The number of anilines is 1. The van der Waals surface area contributed by atoms with Crippen LogP contribution in [0.3, 0.4) is 0 Å². The summed E-state index contributed by atoms with van der Waals surface area (Å²) in [6.07, 6.45) is 0. The summed E-state index contributed by atoms with van der Waals surface area (Å²) in [5, 5.41) is 19.9. The summed E-state index contributed by atoms with van der Waals surface area (Å²) in [5.74, 6) is -0.574. The first-order chi connectivity index (χ1) is 17.0. The van der Waals surface area contributed by atoms with Gasteiger partial charge in [-0.15, -0.1) is 0 Å². The molecule has 0 spiro atoms. The minimum atomic E-state index is -0.863. The molecule has 3 aromatic carbocycles. The Bertz CT molecular complexity index is 1450. The molecule has 0 saturated carbocycles. The molecule has 2 heterocycles. The molecule has 5 rings (SSSR count). The maximum atomic E-state index is 13.5. The molecule has 172 valence electrons. The molecular weight excluding hydrogens is 438 g/mol. The second kappa shape index (κ2) is 8.92. The first-order valence-electron chi connectivity index (χ1n) is 11.3. The number of aromatic nitrogens is 2. The molecular formula is C28H23N5O2. The van der Waals surface area contributed by atoms with E-state index in [0.717, 1.165) is 28.1 Å². The highest BCUT2D eigenvalue weighted by molar-refractivity contribution is 6.04. The summed E-state index contributed by atoms with van der Waals surface area (Å²) in [5.41, 5.74) is 5.32. The predicted octanol–water partition coefficient (Wildman–Crippen LogP) is 4.24. The lowest BCUT2D eigenvalue weighted by Crippen LogP contribution is -2.50. The zero-order chi connectivity index (χ0) is 24.5. The number of hydrogen-bond acceptors (Lipinski definition) is 4. The molecule has 4 aromatic rings. The Labute approximate surface area is 203 Å². The number of amides is 2. The number of hydrogen-bond donors (Lipinski definition) is 2. The monoisotopic (exact) mass is 461 g/mol. The molecule has 0 bridgehead atoms. The zero-order valence-corrected chi connectivity index (χ0v) is 19.3. The first kappa shape index (κ1) is 22.1. The molecule has 7 nitrogen and oxygen atoms in total. The van der Waals surface area contributed by atoms with E-state index in [-0.39, 0.29) is 11.8 Å². The van der Waals surface area contributed by atoms with E-state index in [1.54, 1.807) is 41.1 Å². The molecule has 1 aliphatic rings. The highest BCUT2D eigenvalue weighted by Gasteiger charge is 2.41. The number of carbonyl (C=O) groups is 2. The largest absolute Gasteiger partial charge is 0.339 e. The van der Waals surface area contributed by atoms with Crippen LogP contribution < -0.4 is 10.6 Å². The fourth-order valence-corrected chi connectivity index (χ4v) is 4.50.